The van der Waals surface area contributed by atoms with Crippen LogP contribution in [0.2, 0.25) is 0 Å². The summed E-state index contributed by atoms with van der Waals surface area (Å²) in [5.41, 5.74) is -3.04. The summed E-state index contributed by atoms with van der Waals surface area (Å²) in [6.45, 7) is 10.1. The Bertz CT molecular complexity index is 1360. The molecule has 1 saturated heterocycles. The Kier molecular flexibility index (Phi) is 7.64. The molecule has 42 heavy (non-hydrogen) atoms. The number of esters is 4. The first-order valence-electron chi connectivity index (χ1n) is 14.2. The number of ether oxygens (including phenoxy) is 5. The number of fused-ring (bicyclic) bond motifs is 1. The van der Waals surface area contributed by atoms with Gasteiger partial charge in [0.2, 0.25) is 0 Å². The standard InChI is InChI=1S/C32H37NO9/c1-18-14-15-23(38-19(2)34)31(6)27(41-29(37)22-13-10-16-33-17-22)25(39-20(3)35)24-26(32(18,31)42-30(24,4)5)40-28(36)21-11-8-7-9-12-21/h7-13,16-18,23-27H,14-15H2,1-6H3/t18-,23-,24+,25+,26+,27-,31-,32+/m0/s1. The molecule has 0 amide bonds. The molecule has 1 spiro atoms. The predicted octanol–water partition coefficient (Wildman–Crippen LogP) is 4.31. The fourth-order valence-corrected chi connectivity index (χ4v) is 7.67. The number of benzene rings is 1. The predicted molar refractivity (Wildman–Crippen MR) is 148 cm³/mol. The monoisotopic (exact) mass is 579 g/mol. The van der Waals surface area contributed by atoms with E-state index in [1.165, 1.54) is 26.2 Å². The number of pyridine rings is 1. The average molecular weight is 580 g/mol. The topological polar surface area (TPSA) is 127 Å². The summed E-state index contributed by atoms with van der Waals surface area (Å²) < 4.78 is 31.5. The number of hydrogen-bond donors (Lipinski definition) is 0. The van der Waals surface area contributed by atoms with Gasteiger partial charge in [0.25, 0.3) is 0 Å². The Labute approximate surface area is 245 Å². The van der Waals surface area contributed by atoms with Crippen LogP contribution < -0.4 is 0 Å². The van der Waals surface area contributed by atoms with Crippen LogP contribution in [-0.4, -0.2) is 64.5 Å². The van der Waals surface area contributed by atoms with Crippen molar-refractivity contribution in [1.29, 1.82) is 0 Å². The van der Waals surface area contributed by atoms with Crippen molar-refractivity contribution in [1.82, 2.24) is 4.98 Å². The summed E-state index contributed by atoms with van der Waals surface area (Å²) in [4.78, 5) is 56.3. The molecule has 3 fully saturated rings. The van der Waals surface area contributed by atoms with E-state index in [0.717, 1.165) is 0 Å². The lowest BCUT2D eigenvalue weighted by Gasteiger charge is -2.62. The Balaban J connectivity index is 1.71. The van der Waals surface area contributed by atoms with E-state index in [4.69, 9.17) is 23.7 Å². The molecule has 2 aromatic rings. The highest BCUT2D eigenvalue weighted by Gasteiger charge is 2.82. The lowest BCUT2D eigenvalue weighted by Crippen LogP contribution is -2.76. The molecule has 10 nitrogen and oxygen atoms in total. The number of carbonyl (C=O) groups excluding carboxylic acids is 4. The molecule has 3 aliphatic rings. The molecule has 2 heterocycles. The van der Waals surface area contributed by atoms with E-state index in [1.54, 1.807) is 42.5 Å². The van der Waals surface area contributed by atoms with E-state index in [0.29, 0.717) is 18.4 Å². The zero-order chi connectivity index (χ0) is 30.4. The van der Waals surface area contributed by atoms with Crippen molar-refractivity contribution < 1.29 is 42.9 Å². The van der Waals surface area contributed by atoms with Crippen molar-refractivity contribution >= 4 is 23.9 Å². The van der Waals surface area contributed by atoms with Crippen molar-refractivity contribution in [2.45, 2.75) is 90.0 Å². The van der Waals surface area contributed by atoms with Gasteiger partial charge in [0.1, 0.15) is 23.9 Å². The lowest BCUT2D eigenvalue weighted by atomic mass is 9.48. The fourth-order valence-electron chi connectivity index (χ4n) is 7.67. The van der Waals surface area contributed by atoms with Gasteiger partial charge in [-0.05, 0) is 63.8 Å². The largest absolute Gasteiger partial charge is 0.462 e. The first-order chi connectivity index (χ1) is 19.8. The van der Waals surface area contributed by atoms with Crippen molar-refractivity contribution in [3.63, 3.8) is 0 Å². The van der Waals surface area contributed by atoms with Gasteiger partial charge >= 0.3 is 23.9 Å². The second-order valence-corrected chi connectivity index (χ2v) is 12.2. The van der Waals surface area contributed by atoms with Gasteiger partial charge in [0, 0.05) is 26.2 Å². The van der Waals surface area contributed by atoms with E-state index in [9.17, 15) is 19.2 Å². The molecular weight excluding hydrogens is 542 g/mol. The minimum atomic E-state index is -1.31. The Morgan fingerprint density at radius 1 is 0.810 bits per heavy atom. The Hall–Kier alpha value is -3.79. The zero-order valence-electron chi connectivity index (χ0n) is 24.7. The molecule has 1 aliphatic heterocycles. The van der Waals surface area contributed by atoms with Crippen molar-refractivity contribution in [2.24, 2.45) is 17.3 Å². The SMILES string of the molecule is CC(=O)O[C@@H]1[C@@H]2[C@@H](OC(=O)c3ccccc3)[C@]3(OC2(C)C)[C@@H](C)CC[C@H](OC(C)=O)[C@@]3(C)[C@H]1OC(=O)c1cccnc1. The number of carbonyl (C=O) groups is 4. The smallest absolute Gasteiger partial charge is 0.340 e. The van der Waals surface area contributed by atoms with Gasteiger partial charge in [0.15, 0.2) is 6.10 Å². The van der Waals surface area contributed by atoms with Crippen LogP contribution in [0.1, 0.15) is 75.1 Å². The van der Waals surface area contributed by atoms with E-state index < -0.39 is 70.8 Å². The number of hydrogen-bond acceptors (Lipinski definition) is 10. The second kappa shape index (κ2) is 10.8. The molecule has 2 saturated carbocycles. The molecule has 5 rings (SSSR count). The fraction of sp³-hybridized carbons (Fsp3) is 0.531. The lowest BCUT2D eigenvalue weighted by molar-refractivity contribution is -0.296. The average Bonchev–Trinajstić information content (AvgIpc) is 3.15. The second-order valence-electron chi connectivity index (χ2n) is 12.2. The number of rotatable bonds is 6. The third-order valence-electron chi connectivity index (χ3n) is 9.32. The first-order valence-corrected chi connectivity index (χ1v) is 14.2. The summed E-state index contributed by atoms with van der Waals surface area (Å²) in [5, 5.41) is 0. The van der Waals surface area contributed by atoms with E-state index in [2.05, 4.69) is 4.98 Å². The molecule has 0 unspecified atom stereocenters. The van der Waals surface area contributed by atoms with Crippen LogP contribution in [0, 0.1) is 17.3 Å². The Morgan fingerprint density at radius 3 is 2.05 bits per heavy atom. The van der Waals surface area contributed by atoms with Crippen molar-refractivity contribution in [2.75, 3.05) is 0 Å². The molecule has 2 aliphatic carbocycles. The molecule has 2 bridgehead atoms. The van der Waals surface area contributed by atoms with Gasteiger partial charge < -0.3 is 23.7 Å². The van der Waals surface area contributed by atoms with Crippen LogP contribution in [0.5, 0.6) is 0 Å². The number of aromatic nitrogens is 1. The maximum atomic E-state index is 13.6. The van der Waals surface area contributed by atoms with Crippen LogP contribution in [0.25, 0.3) is 0 Å². The summed E-state index contributed by atoms with van der Waals surface area (Å²) in [5.74, 6) is -3.34. The minimum absolute atomic E-state index is 0.203. The van der Waals surface area contributed by atoms with Gasteiger partial charge in [-0.25, -0.2) is 9.59 Å². The van der Waals surface area contributed by atoms with Crippen LogP contribution in [0.4, 0.5) is 0 Å². The quantitative estimate of drug-likeness (QED) is 0.361. The molecule has 8 atom stereocenters. The van der Waals surface area contributed by atoms with Crippen molar-refractivity contribution in [3.8, 4) is 0 Å². The number of nitrogens with zero attached hydrogens (tertiary/aromatic N) is 1. The van der Waals surface area contributed by atoms with E-state index >= 15 is 0 Å². The highest BCUT2D eigenvalue weighted by atomic mass is 16.6. The maximum absolute atomic E-state index is 13.6. The van der Waals surface area contributed by atoms with Gasteiger partial charge in [-0.2, -0.15) is 0 Å². The van der Waals surface area contributed by atoms with Crippen LogP contribution >= 0.6 is 0 Å². The third kappa shape index (κ3) is 4.65. The molecule has 224 valence electrons. The van der Waals surface area contributed by atoms with E-state index in [-0.39, 0.29) is 11.5 Å². The van der Waals surface area contributed by atoms with Gasteiger partial charge in [-0.15, -0.1) is 0 Å². The molecule has 0 radical (unpaired) electrons. The molecular formula is C32H37NO9. The van der Waals surface area contributed by atoms with Gasteiger partial charge in [0.05, 0.1) is 28.1 Å². The molecule has 10 heteroatoms. The minimum Gasteiger partial charge on any atom is -0.462 e. The highest BCUT2D eigenvalue weighted by molar-refractivity contribution is 5.90. The van der Waals surface area contributed by atoms with Crippen LogP contribution in [-0.2, 0) is 33.3 Å². The maximum Gasteiger partial charge on any atom is 0.340 e. The summed E-state index contributed by atoms with van der Waals surface area (Å²) in [6, 6.07) is 11.8. The molecule has 1 aromatic carbocycles. The molecule has 0 N–H and O–H groups in total. The first kappa shape index (κ1) is 29.7. The summed E-state index contributed by atoms with van der Waals surface area (Å²) >= 11 is 0. The summed E-state index contributed by atoms with van der Waals surface area (Å²) in [7, 11) is 0. The Morgan fingerprint density at radius 2 is 1.43 bits per heavy atom. The highest BCUT2D eigenvalue weighted by Crippen LogP contribution is 2.68. The van der Waals surface area contributed by atoms with E-state index in [1.807, 2.05) is 27.7 Å². The van der Waals surface area contributed by atoms with Gasteiger partial charge in [-0.3, -0.25) is 14.6 Å². The normalized spacial score (nSPS) is 34.4. The third-order valence-corrected chi connectivity index (χ3v) is 9.32. The summed E-state index contributed by atoms with van der Waals surface area (Å²) in [6.07, 6.45) is -0.0405. The zero-order valence-corrected chi connectivity index (χ0v) is 24.7. The van der Waals surface area contributed by atoms with Crippen LogP contribution in [0.15, 0.2) is 54.9 Å². The van der Waals surface area contributed by atoms with Gasteiger partial charge in [-0.1, -0.05) is 25.1 Å². The van der Waals surface area contributed by atoms with Crippen LogP contribution in [0.3, 0.4) is 0 Å². The molecule has 1 aromatic heterocycles. The van der Waals surface area contributed by atoms with Crippen molar-refractivity contribution in [3.05, 3.63) is 66.0 Å².